The van der Waals surface area contributed by atoms with Crippen LogP contribution in [0.1, 0.15) is 11.4 Å². The van der Waals surface area contributed by atoms with E-state index < -0.39 is 6.10 Å². The third kappa shape index (κ3) is 4.05. The highest BCUT2D eigenvalue weighted by Gasteiger charge is 2.10. The molecular weight excluding hydrogens is 264 g/mol. The smallest absolute Gasteiger partial charge is 0.257 e. The van der Waals surface area contributed by atoms with Gasteiger partial charge in [-0.1, -0.05) is 22.9 Å². The zero-order chi connectivity index (χ0) is 13.7. The molecule has 0 spiro atoms. The molecule has 2 aromatic rings. The van der Waals surface area contributed by atoms with Crippen LogP contribution in [-0.4, -0.2) is 38.8 Å². The lowest BCUT2D eigenvalue weighted by atomic mass is 10.1. The third-order valence-electron chi connectivity index (χ3n) is 2.49. The molecular formula is C13H16N2O3S. The Balaban J connectivity index is 1.95. The lowest BCUT2D eigenvalue weighted by Crippen LogP contribution is -2.14. The largest absolute Gasteiger partial charge is 0.394 e. The topological polar surface area (TPSA) is 79.4 Å². The second-order valence-corrected chi connectivity index (χ2v) is 5.27. The summed E-state index contributed by atoms with van der Waals surface area (Å²) in [5, 5.41) is 21.8. The van der Waals surface area contributed by atoms with Crippen molar-refractivity contribution in [2.24, 2.45) is 0 Å². The molecule has 1 atom stereocenters. The molecule has 6 heteroatoms. The van der Waals surface area contributed by atoms with Gasteiger partial charge in [0.15, 0.2) is 5.82 Å². The molecule has 102 valence electrons. The number of benzene rings is 1. The Bertz CT molecular complexity index is 530. The summed E-state index contributed by atoms with van der Waals surface area (Å²) >= 11 is 1.46. The average molecular weight is 280 g/mol. The Morgan fingerprint density at radius 2 is 2.26 bits per heavy atom. The normalized spacial score (nSPS) is 12.6. The summed E-state index contributed by atoms with van der Waals surface area (Å²) in [6.07, 6.45) is -0.701. The van der Waals surface area contributed by atoms with E-state index in [-0.39, 0.29) is 6.61 Å². The molecule has 0 aliphatic rings. The molecule has 0 amide bonds. The summed E-state index contributed by atoms with van der Waals surface area (Å²) < 4.78 is 5.20. The van der Waals surface area contributed by atoms with E-state index in [2.05, 4.69) is 10.1 Å². The molecule has 2 N–H and O–H groups in total. The van der Waals surface area contributed by atoms with Crippen LogP contribution < -0.4 is 0 Å². The van der Waals surface area contributed by atoms with Crippen LogP contribution in [-0.2, 0) is 5.75 Å². The van der Waals surface area contributed by atoms with Gasteiger partial charge < -0.3 is 14.7 Å². The Morgan fingerprint density at radius 1 is 1.42 bits per heavy atom. The molecule has 1 aromatic carbocycles. The first-order valence-corrected chi connectivity index (χ1v) is 7.11. The van der Waals surface area contributed by atoms with Crippen LogP contribution in [0.2, 0.25) is 0 Å². The second-order valence-electron chi connectivity index (χ2n) is 4.24. The van der Waals surface area contributed by atoms with Crippen molar-refractivity contribution in [3.63, 3.8) is 0 Å². The van der Waals surface area contributed by atoms with Gasteiger partial charge in [-0.25, -0.2) is 0 Å². The predicted octanol–water partition coefficient (Wildman–Crippen LogP) is 1.63. The fraction of sp³-hybridized carbons (Fsp3) is 0.385. The van der Waals surface area contributed by atoms with Crippen molar-refractivity contribution in [2.45, 2.75) is 18.8 Å². The summed E-state index contributed by atoms with van der Waals surface area (Å²) in [6.45, 7) is 1.78. The first-order chi connectivity index (χ1) is 9.19. The lowest BCUT2D eigenvalue weighted by Gasteiger charge is -2.03. The molecule has 0 fully saturated rings. The fourth-order valence-electron chi connectivity index (χ4n) is 1.55. The summed E-state index contributed by atoms with van der Waals surface area (Å²) in [5.74, 6) is 2.09. The zero-order valence-electron chi connectivity index (χ0n) is 10.6. The van der Waals surface area contributed by atoms with Crippen molar-refractivity contribution in [1.82, 2.24) is 10.1 Å². The summed E-state index contributed by atoms with van der Waals surface area (Å²) in [4.78, 5) is 4.30. The maximum absolute atomic E-state index is 9.21. The highest BCUT2D eigenvalue weighted by atomic mass is 32.2. The number of thioether (sulfide) groups is 1. The second kappa shape index (κ2) is 6.70. The molecule has 0 aliphatic heterocycles. The van der Waals surface area contributed by atoms with Crippen LogP contribution >= 0.6 is 11.8 Å². The maximum Gasteiger partial charge on any atom is 0.257 e. The Morgan fingerprint density at radius 3 is 3.00 bits per heavy atom. The van der Waals surface area contributed by atoms with Crippen molar-refractivity contribution >= 4 is 11.8 Å². The molecule has 1 heterocycles. The van der Waals surface area contributed by atoms with E-state index in [0.29, 0.717) is 23.2 Å². The molecule has 0 saturated heterocycles. The van der Waals surface area contributed by atoms with Gasteiger partial charge in [0.25, 0.3) is 5.89 Å². The van der Waals surface area contributed by atoms with E-state index >= 15 is 0 Å². The molecule has 5 nitrogen and oxygen atoms in total. The van der Waals surface area contributed by atoms with Crippen LogP contribution in [0.3, 0.4) is 0 Å². The first-order valence-electron chi connectivity index (χ1n) is 5.95. The van der Waals surface area contributed by atoms with E-state index in [9.17, 15) is 5.11 Å². The van der Waals surface area contributed by atoms with Gasteiger partial charge in [-0.05, 0) is 19.1 Å². The molecule has 0 radical (unpaired) electrons. The van der Waals surface area contributed by atoms with Gasteiger partial charge in [0.05, 0.1) is 18.5 Å². The standard InChI is InChI=1S/C13H16N2O3S/c1-9-3-2-4-10(5-9)13-14-12(15-18-13)8-19-7-11(17)6-16/h2-5,11,16-17H,6-8H2,1H3. The van der Waals surface area contributed by atoms with Gasteiger partial charge in [-0.2, -0.15) is 16.7 Å². The predicted molar refractivity (Wildman–Crippen MR) is 73.7 cm³/mol. The Labute approximate surface area is 115 Å². The third-order valence-corrected chi connectivity index (χ3v) is 3.57. The minimum atomic E-state index is -0.701. The minimum Gasteiger partial charge on any atom is -0.394 e. The van der Waals surface area contributed by atoms with E-state index in [0.717, 1.165) is 11.1 Å². The molecule has 19 heavy (non-hydrogen) atoms. The molecule has 0 aliphatic carbocycles. The van der Waals surface area contributed by atoms with Crippen molar-refractivity contribution in [3.05, 3.63) is 35.7 Å². The van der Waals surface area contributed by atoms with Gasteiger partial charge in [-0.3, -0.25) is 0 Å². The fourth-order valence-corrected chi connectivity index (χ4v) is 2.34. The van der Waals surface area contributed by atoms with E-state index in [1.807, 2.05) is 31.2 Å². The number of aliphatic hydroxyl groups excluding tert-OH is 2. The highest BCUT2D eigenvalue weighted by Crippen LogP contribution is 2.19. The van der Waals surface area contributed by atoms with Gasteiger partial charge in [0.2, 0.25) is 0 Å². The van der Waals surface area contributed by atoms with Crippen molar-refractivity contribution < 1.29 is 14.7 Å². The SMILES string of the molecule is Cc1cccc(-c2nc(CSCC(O)CO)no2)c1. The number of rotatable bonds is 6. The van der Waals surface area contributed by atoms with Gasteiger partial charge >= 0.3 is 0 Å². The number of hydrogen-bond donors (Lipinski definition) is 2. The van der Waals surface area contributed by atoms with Crippen LogP contribution in [0, 0.1) is 6.92 Å². The Kier molecular flexibility index (Phi) is 4.95. The van der Waals surface area contributed by atoms with E-state index in [1.54, 1.807) is 0 Å². The van der Waals surface area contributed by atoms with Gasteiger partial charge in [0, 0.05) is 11.3 Å². The molecule has 1 aromatic heterocycles. The highest BCUT2D eigenvalue weighted by molar-refractivity contribution is 7.98. The van der Waals surface area contributed by atoms with Gasteiger partial charge in [0.1, 0.15) is 0 Å². The lowest BCUT2D eigenvalue weighted by molar-refractivity contribution is 0.113. The molecule has 0 saturated carbocycles. The van der Waals surface area contributed by atoms with Crippen LogP contribution in [0.4, 0.5) is 0 Å². The number of aliphatic hydroxyl groups is 2. The van der Waals surface area contributed by atoms with Crippen LogP contribution in [0.15, 0.2) is 28.8 Å². The quantitative estimate of drug-likeness (QED) is 0.837. The van der Waals surface area contributed by atoms with Crippen LogP contribution in [0.5, 0.6) is 0 Å². The van der Waals surface area contributed by atoms with Crippen LogP contribution in [0.25, 0.3) is 11.5 Å². The minimum absolute atomic E-state index is 0.228. The monoisotopic (exact) mass is 280 g/mol. The number of aryl methyl sites for hydroxylation is 1. The average Bonchev–Trinajstić information content (AvgIpc) is 2.87. The summed E-state index contributed by atoms with van der Waals surface area (Å²) in [7, 11) is 0. The van der Waals surface area contributed by atoms with E-state index in [1.165, 1.54) is 11.8 Å². The zero-order valence-corrected chi connectivity index (χ0v) is 11.4. The van der Waals surface area contributed by atoms with Crippen molar-refractivity contribution in [2.75, 3.05) is 12.4 Å². The molecule has 0 bridgehead atoms. The molecule has 1 unspecified atom stereocenters. The molecule has 2 rings (SSSR count). The number of aromatic nitrogens is 2. The number of hydrogen-bond acceptors (Lipinski definition) is 6. The Hall–Kier alpha value is -1.37. The van der Waals surface area contributed by atoms with Crippen molar-refractivity contribution in [3.8, 4) is 11.5 Å². The van der Waals surface area contributed by atoms with E-state index in [4.69, 9.17) is 9.63 Å². The maximum atomic E-state index is 9.21. The summed E-state index contributed by atoms with van der Waals surface area (Å²) in [5.41, 5.74) is 2.04. The number of nitrogens with zero attached hydrogens (tertiary/aromatic N) is 2. The first kappa shape index (κ1) is 14.0. The van der Waals surface area contributed by atoms with Gasteiger partial charge in [-0.15, -0.1) is 0 Å². The summed E-state index contributed by atoms with van der Waals surface area (Å²) in [6, 6.07) is 7.86. The van der Waals surface area contributed by atoms with Crippen molar-refractivity contribution in [1.29, 1.82) is 0 Å².